The Morgan fingerprint density at radius 2 is 2.05 bits per heavy atom. The van der Waals surface area contributed by atoms with Crippen molar-refractivity contribution in [2.45, 2.75) is 32.4 Å². The van der Waals surface area contributed by atoms with Gasteiger partial charge in [-0.05, 0) is 44.0 Å². The predicted molar refractivity (Wildman–Crippen MR) is 85.6 cm³/mol. The molecule has 1 aliphatic heterocycles. The third kappa shape index (κ3) is 3.17. The van der Waals surface area contributed by atoms with Crippen molar-refractivity contribution >= 4 is 17.3 Å². The maximum Gasteiger partial charge on any atom is 0.320 e. The number of carboxylic acid groups (broad SMARTS) is 1. The second kappa shape index (κ2) is 6.00. The van der Waals surface area contributed by atoms with Gasteiger partial charge in [0.15, 0.2) is 0 Å². The Morgan fingerprint density at radius 1 is 1.29 bits per heavy atom. The van der Waals surface area contributed by atoms with Gasteiger partial charge in [-0.2, -0.15) is 0 Å². The van der Waals surface area contributed by atoms with Crippen LogP contribution >= 0.6 is 11.3 Å². The molecular formula is C17H19NO2S. The van der Waals surface area contributed by atoms with Crippen molar-refractivity contribution in [2.75, 3.05) is 6.54 Å². The molecule has 1 N–H and O–H groups in total. The number of aliphatic carboxylic acids is 1. The van der Waals surface area contributed by atoms with E-state index < -0.39 is 5.97 Å². The summed E-state index contributed by atoms with van der Waals surface area (Å²) in [6, 6.07) is 12.5. The first kappa shape index (κ1) is 14.3. The topological polar surface area (TPSA) is 40.5 Å². The van der Waals surface area contributed by atoms with E-state index in [4.69, 9.17) is 0 Å². The van der Waals surface area contributed by atoms with E-state index in [-0.39, 0.29) is 6.04 Å². The zero-order valence-electron chi connectivity index (χ0n) is 12.1. The third-order valence-electron chi connectivity index (χ3n) is 4.01. The number of carbonyl (C=O) groups is 1. The molecule has 4 heteroatoms. The van der Waals surface area contributed by atoms with Crippen molar-refractivity contribution in [3.05, 3.63) is 46.8 Å². The van der Waals surface area contributed by atoms with Gasteiger partial charge in [-0.15, -0.1) is 11.3 Å². The van der Waals surface area contributed by atoms with Crippen molar-refractivity contribution in [2.24, 2.45) is 0 Å². The van der Waals surface area contributed by atoms with Gasteiger partial charge in [-0.1, -0.05) is 29.8 Å². The van der Waals surface area contributed by atoms with Crippen molar-refractivity contribution < 1.29 is 9.90 Å². The number of nitrogens with zero attached hydrogens (tertiary/aromatic N) is 1. The molecule has 0 radical (unpaired) electrons. The number of benzene rings is 1. The van der Waals surface area contributed by atoms with Gasteiger partial charge in [0, 0.05) is 16.3 Å². The molecule has 0 saturated carbocycles. The van der Waals surface area contributed by atoms with Crippen molar-refractivity contribution in [1.82, 2.24) is 4.90 Å². The second-order valence-electron chi connectivity index (χ2n) is 5.60. The first-order valence-electron chi connectivity index (χ1n) is 7.26. The lowest BCUT2D eigenvalue weighted by Crippen LogP contribution is -2.35. The Hall–Kier alpha value is -1.65. The smallest absolute Gasteiger partial charge is 0.320 e. The van der Waals surface area contributed by atoms with Gasteiger partial charge in [0.2, 0.25) is 0 Å². The number of hydrogen-bond acceptors (Lipinski definition) is 3. The minimum Gasteiger partial charge on any atom is -0.480 e. The summed E-state index contributed by atoms with van der Waals surface area (Å²) in [5.74, 6) is -0.692. The molecule has 3 rings (SSSR count). The van der Waals surface area contributed by atoms with Crippen molar-refractivity contribution in [1.29, 1.82) is 0 Å². The van der Waals surface area contributed by atoms with E-state index in [1.165, 1.54) is 20.9 Å². The number of thiophene rings is 1. The molecule has 0 spiro atoms. The maximum absolute atomic E-state index is 11.2. The Labute approximate surface area is 128 Å². The van der Waals surface area contributed by atoms with E-state index in [1.807, 2.05) is 0 Å². The number of likely N-dealkylation sites (tertiary alicyclic amines) is 1. The first-order chi connectivity index (χ1) is 10.1. The highest BCUT2D eigenvalue weighted by molar-refractivity contribution is 7.15. The van der Waals surface area contributed by atoms with Gasteiger partial charge >= 0.3 is 5.97 Å². The lowest BCUT2D eigenvalue weighted by molar-refractivity contribution is -0.142. The molecule has 0 aliphatic carbocycles. The van der Waals surface area contributed by atoms with Crippen LogP contribution in [0.5, 0.6) is 0 Å². The van der Waals surface area contributed by atoms with Crippen molar-refractivity contribution in [3.8, 4) is 10.4 Å². The highest BCUT2D eigenvalue weighted by Gasteiger charge is 2.30. The third-order valence-corrected chi connectivity index (χ3v) is 5.12. The van der Waals surface area contributed by atoms with Gasteiger partial charge in [-0.3, -0.25) is 9.69 Å². The van der Waals surface area contributed by atoms with Crippen LogP contribution in [0.25, 0.3) is 10.4 Å². The maximum atomic E-state index is 11.2. The molecule has 1 aromatic heterocycles. The van der Waals surface area contributed by atoms with E-state index in [0.29, 0.717) is 0 Å². The number of carboxylic acids is 1. The number of rotatable bonds is 4. The van der Waals surface area contributed by atoms with Gasteiger partial charge in [0.25, 0.3) is 0 Å². The number of hydrogen-bond donors (Lipinski definition) is 1. The molecule has 1 aliphatic rings. The normalized spacial score (nSPS) is 19.0. The van der Waals surface area contributed by atoms with E-state index >= 15 is 0 Å². The van der Waals surface area contributed by atoms with Crippen LogP contribution in [0.2, 0.25) is 0 Å². The van der Waals surface area contributed by atoms with Crippen molar-refractivity contribution in [3.63, 3.8) is 0 Å². The van der Waals surface area contributed by atoms with Crippen LogP contribution in [-0.2, 0) is 11.3 Å². The van der Waals surface area contributed by atoms with Gasteiger partial charge < -0.3 is 5.11 Å². The first-order valence-corrected chi connectivity index (χ1v) is 8.08. The fourth-order valence-electron chi connectivity index (χ4n) is 2.83. The largest absolute Gasteiger partial charge is 0.480 e. The average molecular weight is 301 g/mol. The molecule has 2 heterocycles. The molecule has 2 aromatic rings. The summed E-state index contributed by atoms with van der Waals surface area (Å²) in [5.41, 5.74) is 2.49. The number of aryl methyl sites for hydroxylation is 1. The Bertz CT molecular complexity index is 632. The summed E-state index contributed by atoms with van der Waals surface area (Å²) in [6.45, 7) is 3.71. The molecule has 21 heavy (non-hydrogen) atoms. The second-order valence-corrected chi connectivity index (χ2v) is 6.77. The van der Waals surface area contributed by atoms with Gasteiger partial charge in [0.1, 0.15) is 6.04 Å². The molecule has 1 atom stereocenters. The monoisotopic (exact) mass is 301 g/mol. The predicted octanol–water partition coefficient (Wildman–Crippen LogP) is 3.77. The van der Waals surface area contributed by atoms with Crippen LogP contribution in [0.1, 0.15) is 23.3 Å². The highest BCUT2D eigenvalue weighted by atomic mass is 32.1. The summed E-state index contributed by atoms with van der Waals surface area (Å²) in [5, 5.41) is 9.23. The van der Waals surface area contributed by atoms with Crippen LogP contribution in [-0.4, -0.2) is 28.6 Å². The molecule has 110 valence electrons. The lowest BCUT2D eigenvalue weighted by atomic mass is 10.1. The van der Waals surface area contributed by atoms with Crippen LogP contribution in [0, 0.1) is 6.92 Å². The average Bonchev–Trinajstić information content (AvgIpc) is 3.09. The van der Waals surface area contributed by atoms with E-state index in [0.717, 1.165) is 25.9 Å². The molecule has 1 unspecified atom stereocenters. The lowest BCUT2D eigenvalue weighted by Gasteiger charge is -2.19. The highest BCUT2D eigenvalue weighted by Crippen LogP contribution is 2.30. The summed E-state index contributed by atoms with van der Waals surface area (Å²) in [4.78, 5) is 15.8. The van der Waals surface area contributed by atoms with E-state index in [2.05, 4.69) is 48.2 Å². The minimum absolute atomic E-state index is 0.310. The van der Waals surface area contributed by atoms with Gasteiger partial charge in [-0.25, -0.2) is 0 Å². The molecule has 1 fully saturated rings. The standard InChI is InChI=1S/C17H19NO2S/c1-12-4-6-13(7-5-12)16-9-8-14(21-16)11-18-10-2-3-15(18)17(19)20/h4-9,15H,2-3,10-11H2,1H3,(H,19,20). The Balaban J connectivity index is 1.73. The van der Waals surface area contributed by atoms with E-state index in [9.17, 15) is 9.90 Å². The van der Waals surface area contributed by atoms with E-state index in [1.54, 1.807) is 11.3 Å². The van der Waals surface area contributed by atoms with Crippen LogP contribution in [0.3, 0.4) is 0 Å². The minimum atomic E-state index is -0.692. The fraction of sp³-hybridized carbons (Fsp3) is 0.353. The van der Waals surface area contributed by atoms with Crippen LogP contribution in [0.15, 0.2) is 36.4 Å². The Morgan fingerprint density at radius 3 is 2.76 bits per heavy atom. The van der Waals surface area contributed by atoms with Crippen LogP contribution < -0.4 is 0 Å². The summed E-state index contributed by atoms with van der Waals surface area (Å²) >= 11 is 1.76. The summed E-state index contributed by atoms with van der Waals surface area (Å²) < 4.78 is 0. The SMILES string of the molecule is Cc1ccc(-c2ccc(CN3CCCC3C(=O)O)s2)cc1. The molecule has 0 amide bonds. The quantitative estimate of drug-likeness (QED) is 0.934. The molecule has 0 bridgehead atoms. The fourth-order valence-corrected chi connectivity index (χ4v) is 3.87. The van der Waals surface area contributed by atoms with Crippen LogP contribution in [0.4, 0.5) is 0 Å². The summed E-state index contributed by atoms with van der Waals surface area (Å²) in [7, 11) is 0. The molecule has 3 nitrogen and oxygen atoms in total. The molecule has 1 saturated heterocycles. The zero-order chi connectivity index (χ0) is 14.8. The molecule has 1 aromatic carbocycles. The Kier molecular flexibility index (Phi) is 4.08. The zero-order valence-corrected chi connectivity index (χ0v) is 12.9. The summed E-state index contributed by atoms with van der Waals surface area (Å²) in [6.07, 6.45) is 1.75. The van der Waals surface area contributed by atoms with Gasteiger partial charge in [0.05, 0.1) is 0 Å². The molecular weight excluding hydrogens is 282 g/mol.